The fourth-order valence-electron chi connectivity index (χ4n) is 1.95. The summed E-state index contributed by atoms with van der Waals surface area (Å²) in [4.78, 5) is 11.9. The highest BCUT2D eigenvalue weighted by molar-refractivity contribution is 9.10. The maximum atomic E-state index is 14.0. The van der Waals surface area contributed by atoms with Crippen LogP contribution in [0.1, 0.15) is 5.56 Å². The van der Waals surface area contributed by atoms with E-state index in [1.165, 1.54) is 12.1 Å². The standard InChI is InChI=1S/C17H11BrF4N2O4/c1-27-16(26)14(15(25)13-11(18)3-2-4-12(13)19)24-23-9-5-7-10(8-6-9)28-17(20,21)22/h2-8,25H,1H3/b15-14+,24-23?. The quantitative estimate of drug-likeness (QED) is 0.204. The predicted molar refractivity (Wildman–Crippen MR) is 93.3 cm³/mol. The van der Waals surface area contributed by atoms with Crippen LogP contribution < -0.4 is 4.74 Å². The van der Waals surface area contributed by atoms with Gasteiger partial charge in [0, 0.05) is 4.47 Å². The summed E-state index contributed by atoms with van der Waals surface area (Å²) in [5.74, 6) is -3.25. The second-order valence-corrected chi connectivity index (χ2v) is 5.88. The molecule has 1 N–H and O–H groups in total. The topological polar surface area (TPSA) is 80.5 Å². The van der Waals surface area contributed by atoms with Crippen LogP contribution in [0, 0.1) is 5.82 Å². The number of esters is 1. The second kappa shape index (κ2) is 8.83. The van der Waals surface area contributed by atoms with Crippen LogP contribution >= 0.6 is 15.9 Å². The first-order chi connectivity index (χ1) is 13.1. The maximum Gasteiger partial charge on any atom is 0.573 e. The van der Waals surface area contributed by atoms with Crippen molar-refractivity contribution in [2.75, 3.05) is 7.11 Å². The Kier molecular flexibility index (Phi) is 6.73. The molecule has 0 radical (unpaired) electrons. The smallest absolute Gasteiger partial charge is 0.505 e. The highest BCUT2D eigenvalue weighted by Gasteiger charge is 2.31. The fraction of sp³-hybridized carbons (Fsp3) is 0.118. The number of ether oxygens (including phenoxy) is 2. The Morgan fingerprint density at radius 1 is 1.14 bits per heavy atom. The van der Waals surface area contributed by atoms with E-state index in [4.69, 9.17) is 0 Å². The number of methoxy groups -OCH3 is 1. The van der Waals surface area contributed by atoms with Gasteiger partial charge in [0.05, 0.1) is 18.4 Å². The van der Waals surface area contributed by atoms with Gasteiger partial charge in [-0.1, -0.05) is 6.07 Å². The molecule has 11 heteroatoms. The molecule has 0 aliphatic rings. The zero-order valence-electron chi connectivity index (χ0n) is 14.0. The van der Waals surface area contributed by atoms with Crippen molar-refractivity contribution in [3.8, 4) is 5.75 Å². The third-order valence-corrected chi connectivity index (χ3v) is 3.80. The molecular formula is C17H11BrF4N2O4. The third kappa shape index (κ3) is 5.52. The molecule has 0 amide bonds. The lowest BCUT2D eigenvalue weighted by Gasteiger charge is -2.08. The molecule has 0 heterocycles. The van der Waals surface area contributed by atoms with Gasteiger partial charge in [-0.15, -0.1) is 18.3 Å². The van der Waals surface area contributed by atoms with Crippen LogP contribution in [0.3, 0.4) is 0 Å². The number of hydrogen-bond donors (Lipinski definition) is 1. The number of hydrogen-bond acceptors (Lipinski definition) is 6. The molecule has 2 aromatic rings. The molecular weight excluding hydrogens is 452 g/mol. The lowest BCUT2D eigenvalue weighted by Crippen LogP contribution is -2.16. The van der Waals surface area contributed by atoms with Gasteiger partial charge in [-0.05, 0) is 52.3 Å². The molecule has 0 aromatic heterocycles. The zero-order chi connectivity index (χ0) is 20.9. The number of alkyl halides is 3. The molecule has 28 heavy (non-hydrogen) atoms. The molecule has 2 aromatic carbocycles. The molecule has 0 saturated heterocycles. The van der Waals surface area contributed by atoms with Crippen LogP contribution in [0.25, 0.3) is 5.76 Å². The summed E-state index contributed by atoms with van der Waals surface area (Å²) >= 11 is 3.05. The number of aliphatic hydroxyl groups is 1. The van der Waals surface area contributed by atoms with Crippen LogP contribution in [0.2, 0.25) is 0 Å². The van der Waals surface area contributed by atoms with Gasteiger partial charge < -0.3 is 14.6 Å². The number of halogens is 5. The SMILES string of the molecule is COC(=O)/C(N=Nc1ccc(OC(F)(F)F)cc1)=C(\O)c1c(F)cccc1Br. The van der Waals surface area contributed by atoms with Gasteiger partial charge in [0.1, 0.15) is 11.6 Å². The number of nitrogens with zero attached hydrogens (tertiary/aromatic N) is 2. The van der Waals surface area contributed by atoms with Gasteiger partial charge in [0.25, 0.3) is 0 Å². The number of rotatable bonds is 5. The first-order valence-corrected chi connectivity index (χ1v) is 8.15. The van der Waals surface area contributed by atoms with E-state index < -0.39 is 35.4 Å². The van der Waals surface area contributed by atoms with Crippen molar-refractivity contribution < 1.29 is 36.9 Å². The van der Waals surface area contributed by atoms with Gasteiger partial charge >= 0.3 is 12.3 Å². The minimum atomic E-state index is -4.84. The number of carbonyl (C=O) groups excluding carboxylic acids is 1. The maximum absolute atomic E-state index is 14.0. The normalized spacial score (nSPS) is 12.6. The van der Waals surface area contributed by atoms with Crippen molar-refractivity contribution in [1.29, 1.82) is 0 Å². The van der Waals surface area contributed by atoms with Gasteiger partial charge in [-0.3, -0.25) is 0 Å². The van der Waals surface area contributed by atoms with Crippen molar-refractivity contribution in [2.45, 2.75) is 6.36 Å². The Balaban J connectivity index is 2.38. The highest BCUT2D eigenvalue weighted by Crippen LogP contribution is 2.30. The third-order valence-electron chi connectivity index (χ3n) is 3.14. The van der Waals surface area contributed by atoms with Crippen LogP contribution in [-0.2, 0) is 9.53 Å². The van der Waals surface area contributed by atoms with Gasteiger partial charge in [0.2, 0.25) is 5.70 Å². The summed E-state index contributed by atoms with van der Waals surface area (Å²) < 4.78 is 58.9. The summed E-state index contributed by atoms with van der Waals surface area (Å²) in [6.07, 6.45) is -4.84. The Bertz CT molecular complexity index is 907. The van der Waals surface area contributed by atoms with E-state index >= 15 is 0 Å². The van der Waals surface area contributed by atoms with E-state index in [0.717, 1.165) is 37.4 Å². The Hall–Kier alpha value is -2.95. The first-order valence-electron chi connectivity index (χ1n) is 7.36. The minimum absolute atomic E-state index is 0.0383. The minimum Gasteiger partial charge on any atom is -0.505 e. The second-order valence-electron chi connectivity index (χ2n) is 5.03. The van der Waals surface area contributed by atoms with E-state index in [2.05, 4.69) is 35.6 Å². The Morgan fingerprint density at radius 2 is 1.79 bits per heavy atom. The van der Waals surface area contributed by atoms with E-state index in [1.807, 2.05) is 0 Å². The molecule has 148 valence electrons. The predicted octanol–water partition coefficient (Wildman–Crippen LogP) is 5.67. The van der Waals surface area contributed by atoms with E-state index in [-0.39, 0.29) is 15.7 Å². The number of azo groups is 1. The number of carbonyl (C=O) groups is 1. The van der Waals surface area contributed by atoms with Gasteiger partial charge in [-0.25, -0.2) is 9.18 Å². The molecule has 6 nitrogen and oxygen atoms in total. The van der Waals surface area contributed by atoms with Crippen LogP contribution in [-0.4, -0.2) is 24.5 Å². The summed E-state index contributed by atoms with van der Waals surface area (Å²) in [5, 5.41) is 17.5. The van der Waals surface area contributed by atoms with Crippen molar-refractivity contribution in [3.05, 3.63) is 64.0 Å². The van der Waals surface area contributed by atoms with Crippen molar-refractivity contribution in [2.24, 2.45) is 10.2 Å². The molecule has 0 fully saturated rings. The van der Waals surface area contributed by atoms with Crippen molar-refractivity contribution in [1.82, 2.24) is 0 Å². The number of aliphatic hydroxyl groups excluding tert-OH is 1. The fourth-order valence-corrected chi connectivity index (χ4v) is 2.48. The van der Waals surface area contributed by atoms with Crippen molar-refractivity contribution in [3.63, 3.8) is 0 Å². The van der Waals surface area contributed by atoms with Gasteiger partial charge in [0.15, 0.2) is 5.76 Å². The Morgan fingerprint density at radius 3 is 2.32 bits per heavy atom. The van der Waals surface area contributed by atoms with Crippen LogP contribution in [0.15, 0.2) is 62.9 Å². The highest BCUT2D eigenvalue weighted by atomic mass is 79.9. The van der Waals surface area contributed by atoms with E-state index in [9.17, 15) is 27.5 Å². The molecule has 0 aliphatic carbocycles. The van der Waals surface area contributed by atoms with Crippen molar-refractivity contribution >= 4 is 33.3 Å². The monoisotopic (exact) mass is 462 g/mol. The molecule has 0 bridgehead atoms. The average Bonchev–Trinajstić information content (AvgIpc) is 2.61. The molecule has 0 aliphatic heterocycles. The molecule has 0 spiro atoms. The van der Waals surface area contributed by atoms with Crippen LogP contribution in [0.4, 0.5) is 23.2 Å². The lowest BCUT2D eigenvalue weighted by atomic mass is 10.1. The van der Waals surface area contributed by atoms with E-state index in [1.54, 1.807) is 0 Å². The summed E-state index contributed by atoms with van der Waals surface area (Å²) in [6, 6.07) is 8.10. The molecule has 0 unspecified atom stereocenters. The zero-order valence-corrected chi connectivity index (χ0v) is 15.6. The summed E-state index contributed by atoms with van der Waals surface area (Å²) in [5.41, 5.74) is -1.00. The van der Waals surface area contributed by atoms with E-state index in [0.29, 0.717) is 0 Å². The van der Waals surface area contributed by atoms with Gasteiger partial charge in [-0.2, -0.15) is 5.11 Å². The summed E-state index contributed by atoms with van der Waals surface area (Å²) in [6.45, 7) is 0. The number of benzene rings is 2. The molecule has 0 saturated carbocycles. The van der Waals surface area contributed by atoms with Crippen LogP contribution in [0.5, 0.6) is 5.75 Å². The molecule has 0 atom stereocenters. The molecule has 2 rings (SSSR count). The first kappa shape index (κ1) is 21.4. The summed E-state index contributed by atoms with van der Waals surface area (Å²) in [7, 11) is 1.02. The Labute approximate surface area is 164 Å². The average molecular weight is 463 g/mol. The lowest BCUT2D eigenvalue weighted by molar-refractivity contribution is -0.274. The largest absolute Gasteiger partial charge is 0.573 e.